The Morgan fingerprint density at radius 3 is 2.58 bits per heavy atom. The van der Waals surface area contributed by atoms with E-state index >= 15 is 0 Å². The minimum Gasteiger partial charge on any atom is -0.360 e. The first-order valence-corrected chi connectivity index (χ1v) is 8.08. The van der Waals surface area contributed by atoms with Crippen molar-refractivity contribution in [3.8, 4) is 0 Å². The molecule has 0 fully saturated rings. The summed E-state index contributed by atoms with van der Waals surface area (Å²) in [4.78, 5) is 41.2. The van der Waals surface area contributed by atoms with Crippen LogP contribution >= 0.6 is 12.4 Å². The van der Waals surface area contributed by atoms with Crippen LogP contribution in [0.4, 0.5) is 0 Å². The summed E-state index contributed by atoms with van der Waals surface area (Å²) < 4.78 is 0. The largest absolute Gasteiger partial charge is 0.360 e. The highest BCUT2D eigenvalue weighted by Gasteiger charge is 2.22. The Kier molecular flexibility index (Phi) is 7.35. The van der Waals surface area contributed by atoms with E-state index in [1.165, 1.54) is 11.1 Å². The van der Waals surface area contributed by atoms with Crippen molar-refractivity contribution in [3.05, 3.63) is 46.2 Å². The van der Waals surface area contributed by atoms with Crippen LogP contribution in [0.2, 0.25) is 0 Å². The topological polar surface area (TPSA) is 108 Å². The molecule has 0 saturated heterocycles. The fourth-order valence-corrected chi connectivity index (χ4v) is 2.52. The first kappa shape index (κ1) is 21.7. The van der Waals surface area contributed by atoms with Gasteiger partial charge in [-0.1, -0.05) is 26.0 Å². The molecule has 0 aliphatic rings. The zero-order chi connectivity index (χ0) is 18.6. The Bertz CT molecular complexity index is 848. The molecule has 0 atom stereocenters. The molecule has 2 amide bonds. The Morgan fingerprint density at radius 1 is 1.27 bits per heavy atom. The van der Waals surface area contributed by atoms with Gasteiger partial charge in [-0.3, -0.25) is 14.4 Å². The van der Waals surface area contributed by atoms with Crippen LogP contribution in [0, 0.1) is 5.41 Å². The van der Waals surface area contributed by atoms with E-state index in [0.29, 0.717) is 24.0 Å². The lowest BCUT2D eigenvalue weighted by molar-refractivity contribution is -0.130. The predicted molar refractivity (Wildman–Crippen MR) is 105 cm³/mol. The molecule has 26 heavy (non-hydrogen) atoms. The Hall–Kier alpha value is -2.38. The van der Waals surface area contributed by atoms with Gasteiger partial charge in [0.25, 0.3) is 5.91 Å². The van der Waals surface area contributed by atoms with Crippen LogP contribution in [0.3, 0.4) is 0 Å². The molecule has 2 rings (SSSR count). The molecule has 4 N–H and O–H groups in total. The van der Waals surface area contributed by atoms with E-state index in [0.717, 1.165) is 0 Å². The molecule has 2 aromatic rings. The van der Waals surface area contributed by atoms with Gasteiger partial charge < -0.3 is 20.9 Å². The number of amides is 2. The molecule has 0 saturated carbocycles. The summed E-state index contributed by atoms with van der Waals surface area (Å²) in [7, 11) is 1.66. The standard InChI is InChI=1S/C18H24N4O3.ClH/c1-18(2,10-19)11-22(3)15(23)9-21-17(25)13-8-20-14-7-5-4-6-12(14)16(13)24;/h4-8H,9-11,19H2,1-3H3,(H,20,24)(H,21,25);1H. The zero-order valence-corrected chi connectivity index (χ0v) is 16.0. The van der Waals surface area contributed by atoms with Crippen molar-refractivity contribution in [1.29, 1.82) is 0 Å². The van der Waals surface area contributed by atoms with Crippen molar-refractivity contribution in [3.63, 3.8) is 0 Å². The lowest BCUT2D eigenvalue weighted by Crippen LogP contribution is -2.44. The monoisotopic (exact) mass is 380 g/mol. The summed E-state index contributed by atoms with van der Waals surface area (Å²) in [6.45, 7) is 4.68. The number of likely N-dealkylation sites (N-methyl/N-ethyl adjacent to an activating group) is 1. The normalized spacial score (nSPS) is 10.9. The van der Waals surface area contributed by atoms with Gasteiger partial charge in [0.1, 0.15) is 5.56 Å². The van der Waals surface area contributed by atoms with Crippen LogP contribution in [-0.2, 0) is 4.79 Å². The van der Waals surface area contributed by atoms with Crippen LogP contribution in [0.5, 0.6) is 0 Å². The second-order valence-corrected chi connectivity index (χ2v) is 6.88. The van der Waals surface area contributed by atoms with Gasteiger partial charge in [-0.2, -0.15) is 0 Å². The number of para-hydroxylation sites is 1. The second-order valence-electron chi connectivity index (χ2n) is 6.88. The fraction of sp³-hybridized carbons (Fsp3) is 0.389. The van der Waals surface area contributed by atoms with Gasteiger partial charge in [-0.15, -0.1) is 12.4 Å². The van der Waals surface area contributed by atoms with Crippen LogP contribution < -0.4 is 16.5 Å². The van der Waals surface area contributed by atoms with E-state index < -0.39 is 5.91 Å². The summed E-state index contributed by atoms with van der Waals surface area (Å²) in [6.07, 6.45) is 1.37. The summed E-state index contributed by atoms with van der Waals surface area (Å²) in [5, 5.41) is 2.94. The van der Waals surface area contributed by atoms with E-state index in [4.69, 9.17) is 5.73 Å². The van der Waals surface area contributed by atoms with E-state index in [-0.39, 0.29) is 41.3 Å². The van der Waals surface area contributed by atoms with Crippen LogP contribution in [-0.4, -0.2) is 48.4 Å². The number of carbonyl (C=O) groups is 2. The highest BCUT2D eigenvalue weighted by atomic mass is 35.5. The summed E-state index contributed by atoms with van der Waals surface area (Å²) >= 11 is 0. The summed E-state index contributed by atoms with van der Waals surface area (Å²) in [6, 6.07) is 6.95. The molecule has 1 heterocycles. The maximum atomic E-state index is 12.4. The zero-order valence-electron chi connectivity index (χ0n) is 15.2. The third-order valence-electron chi connectivity index (χ3n) is 4.08. The number of pyridine rings is 1. The first-order chi connectivity index (χ1) is 11.7. The molecule has 0 aliphatic heterocycles. The third kappa shape index (κ3) is 5.06. The van der Waals surface area contributed by atoms with Gasteiger partial charge in [0.2, 0.25) is 11.3 Å². The lowest BCUT2D eigenvalue weighted by atomic mass is 9.93. The van der Waals surface area contributed by atoms with Crippen LogP contribution in [0.15, 0.2) is 35.3 Å². The minimum atomic E-state index is -0.577. The van der Waals surface area contributed by atoms with Gasteiger partial charge in [0, 0.05) is 30.7 Å². The molecule has 8 heteroatoms. The van der Waals surface area contributed by atoms with Crippen molar-refractivity contribution in [2.45, 2.75) is 13.8 Å². The van der Waals surface area contributed by atoms with Crippen LogP contribution in [0.1, 0.15) is 24.2 Å². The maximum absolute atomic E-state index is 12.4. The van der Waals surface area contributed by atoms with Crippen molar-refractivity contribution >= 4 is 35.1 Å². The van der Waals surface area contributed by atoms with Crippen molar-refractivity contribution in [2.75, 3.05) is 26.7 Å². The number of benzene rings is 1. The number of nitrogens with two attached hydrogens (primary N) is 1. The van der Waals surface area contributed by atoms with E-state index in [9.17, 15) is 14.4 Å². The molecule has 0 radical (unpaired) electrons. The maximum Gasteiger partial charge on any atom is 0.257 e. The van der Waals surface area contributed by atoms with Gasteiger partial charge in [0.15, 0.2) is 0 Å². The minimum absolute atomic E-state index is 0. The predicted octanol–water partition coefficient (Wildman–Crippen LogP) is 1.12. The number of aromatic nitrogens is 1. The molecule has 0 aliphatic carbocycles. The van der Waals surface area contributed by atoms with E-state index in [2.05, 4.69) is 10.3 Å². The lowest BCUT2D eigenvalue weighted by Gasteiger charge is -2.29. The molecule has 1 aromatic carbocycles. The quantitative estimate of drug-likeness (QED) is 0.697. The highest BCUT2D eigenvalue weighted by Crippen LogP contribution is 2.13. The highest BCUT2D eigenvalue weighted by molar-refractivity contribution is 5.98. The average Bonchev–Trinajstić information content (AvgIpc) is 2.59. The molecule has 7 nitrogen and oxygen atoms in total. The van der Waals surface area contributed by atoms with E-state index in [1.54, 1.807) is 31.3 Å². The average molecular weight is 381 g/mol. The second kappa shape index (κ2) is 8.82. The number of H-pyrrole nitrogens is 1. The smallest absolute Gasteiger partial charge is 0.257 e. The molecule has 1 aromatic heterocycles. The summed E-state index contributed by atoms with van der Waals surface area (Å²) in [5.74, 6) is -0.820. The Labute approximate surface area is 158 Å². The fourth-order valence-electron chi connectivity index (χ4n) is 2.52. The SMILES string of the molecule is CN(CC(C)(C)CN)C(=O)CNC(=O)c1c[nH]c2ccccc2c1=O.Cl. The number of carbonyl (C=O) groups excluding carboxylic acids is 2. The number of hydrogen-bond donors (Lipinski definition) is 3. The molecule has 0 bridgehead atoms. The molecule has 142 valence electrons. The van der Waals surface area contributed by atoms with Gasteiger partial charge >= 0.3 is 0 Å². The van der Waals surface area contributed by atoms with Crippen molar-refractivity contribution < 1.29 is 9.59 Å². The molecular formula is C18H25ClN4O3. The number of hydrogen-bond acceptors (Lipinski definition) is 4. The number of fused-ring (bicyclic) bond motifs is 1. The van der Waals surface area contributed by atoms with E-state index in [1.807, 2.05) is 13.8 Å². The number of aromatic amines is 1. The van der Waals surface area contributed by atoms with Gasteiger partial charge in [0.05, 0.1) is 6.54 Å². The van der Waals surface area contributed by atoms with Crippen LogP contribution in [0.25, 0.3) is 10.9 Å². The van der Waals surface area contributed by atoms with Gasteiger partial charge in [-0.05, 0) is 24.1 Å². The number of nitrogens with one attached hydrogen (secondary N) is 2. The van der Waals surface area contributed by atoms with Crippen molar-refractivity contribution in [1.82, 2.24) is 15.2 Å². The summed E-state index contributed by atoms with van der Waals surface area (Å²) in [5.41, 5.74) is 5.74. The molecule has 0 spiro atoms. The number of nitrogens with zero attached hydrogens (tertiary/aromatic N) is 1. The Balaban J connectivity index is 0.00000338. The third-order valence-corrected chi connectivity index (χ3v) is 4.08. The number of halogens is 1. The van der Waals surface area contributed by atoms with Gasteiger partial charge in [-0.25, -0.2) is 0 Å². The first-order valence-electron chi connectivity index (χ1n) is 8.08. The molecular weight excluding hydrogens is 356 g/mol. The van der Waals surface area contributed by atoms with Crippen molar-refractivity contribution in [2.24, 2.45) is 11.1 Å². The Morgan fingerprint density at radius 2 is 1.92 bits per heavy atom. The number of rotatable bonds is 6. The molecule has 0 unspecified atom stereocenters.